The van der Waals surface area contributed by atoms with Gasteiger partial charge in [-0.25, -0.2) is 0 Å². The van der Waals surface area contributed by atoms with Crippen LogP contribution in [-0.4, -0.2) is 62.2 Å². The van der Waals surface area contributed by atoms with E-state index >= 15 is 0 Å². The van der Waals surface area contributed by atoms with Gasteiger partial charge in [0, 0.05) is 25.2 Å². The van der Waals surface area contributed by atoms with Crippen molar-refractivity contribution in [2.24, 2.45) is 5.92 Å². The molecule has 3 heteroatoms. The zero-order valence-electron chi connectivity index (χ0n) is 11.8. The van der Waals surface area contributed by atoms with Gasteiger partial charge in [0.05, 0.1) is 0 Å². The second kappa shape index (κ2) is 6.17. The maximum atomic E-state index is 3.78. The lowest BCUT2D eigenvalue weighted by molar-refractivity contribution is 0.173. The molecular formula is C14H29N3. The van der Waals surface area contributed by atoms with Gasteiger partial charge in [-0.2, -0.15) is 0 Å². The summed E-state index contributed by atoms with van der Waals surface area (Å²) in [6.45, 7) is 7.40. The minimum atomic E-state index is 0.673. The molecule has 0 aliphatic carbocycles. The van der Waals surface area contributed by atoms with Crippen molar-refractivity contribution in [1.29, 1.82) is 0 Å². The smallest absolute Gasteiger partial charge is 0.0218 e. The van der Waals surface area contributed by atoms with E-state index in [0.717, 1.165) is 12.0 Å². The molecule has 1 N–H and O–H groups in total. The van der Waals surface area contributed by atoms with Gasteiger partial charge in [-0.05, 0) is 65.7 Å². The Balaban J connectivity index is 1.71. The molecule has 0 aromatic rings. The normalized spacial score (nSPS) is 34.1. The van der Waals surface area contributed by atoms with Crippen LogP contribution in [0.4, 0.5) is 0 Å². The van der Waals surface area contributed by atoms with Crippen molar-refractivity contribution in [3.63, 3.8) is 0 Å². The van der Waals surface area contributed by atoms with Gasteiger partial charge in [-0.3, -0.25) is 0 Å². The number of piperidine rings is 1. The zero-order valence-corrected chi connectivity index (χ0v) is 11.8. The van der Waals surface area contributed by atoms with E-state index in [0.29, 0.717) is 6.04 Å². The molecule has 2 saturated heterocycles. The summed E-state index contributed by atoms with van der Waals surface area (Å²) >= 11 is 0. The van der Waals surface area contributed by atoms with Crippen LogP contribution in [0.15, 0.2) is 0 Å². The fourth-order valence-electron chi connectivity index (χ4n) is 3.34. The van der Waals surface area contributed by atoms with Gasteiger partial charge in [-0.1, -0.05) is 0 Å². The lowest BCUT2D eigenvalue weighted by Gasteiger charge is -2.34. The number of hydrogen-bond acceptors (Lipinski definition) is 3. The Morgan fingerprint density at radius 1 is 1.18 bits per heavy atom. The zero-order chi connectivity index (χ0) is 12.3. The van der Waals surface area contributed by atoms with Gasteiger partial charge >= 0.3 is 0 Å². The Morgan fingerprint density at radius 3 is 2.59 bits per heavy atom. The Hall–Kier alpha value is -0.120. The Kier molecular flexibility index (Phi) is 4.83. The van der Waals surface area contributed by atoms with Crippen LogP contribution < -0.4 is 5.32 Å². The average Bonchev–Trinajstić information content (AvgIpc) is 2.72. The molecule has 2 fully saturated rings. The van der Waals surface area contributed by atoms with Crippen LogP contribution in [0.25, 0.3) is 0 Å². The van der Waals surface area contributed by atoms with Crippen LogP contribution in [0.1, 0.15) is 32.6 Å². The van der Waals surface area contributed by atoms with E-state index in [-0.39, 0.29) is 0 Å². The summed E-state index contributed by atoms with van der Waals surface area (Å²) in [6, 6.07) is 1.45. The van der Waals surface area contributed by atoms with E-state index in [1.165, 1.54) is 51.9 Å². The molecule has 2 aliphatic heterocycles. The highest BCUT2D eigenvalue weighted by Crippen LogP contribution is 2.19. The lowest BCUT2D eigenvalue weighted by Crippen LogP contribution is -2.46. The van der Waals surface area contributed by atoms with E-state index < -0.39 is 0 Å². The summed E-state index contributed by atoms with van der Waals surface area (Å²) in [5.41, 5.74) is 0. The molecule has 0 aromatic heterocycles. The molecule has 3 unspecified atom stereocenters. The molecule has 0 saturated carbocycles. The van der Waals surface area contributed by atoms with Gasteiger partial charge in [0.2, 0.25) is 0 Å². The summed E-state index contributed by atoms with van der Waals surface area (Å²) in [4.78, 5) is 4.99. The topological polar surface area (TPSA) is 18.5 Å². The highest BCUT2D eigenvalue weighted by molar-refractivity contribution is 4.83. The van der Waals surface area contributed by atoms with Crippen molar-refractivity contribution in [1.82, 2.24) is 15.1 Å². The highest BCUT2D eigenvalue weighted by Gasteiger charge is 2.25. The van der Waals surface area contributed by atoms with Crippen LogP contribution in [0.5, 0.6) is 0 Å². The van der Waals surface area contributed by atoms with Crippen molar-refractivity contribution < 1.29 is 0 Å². The first-order valence-corrected chi connectivity index (χ1v) is 7.29. The van der Waals surface area contributed by atoms with Gasteiger partial charge in [0.15, 0.2) is 0 Å². The summed E-state index contributed by atoms with van der Waals surface area (Å²) in [5, 5.41) is 3.78. The van der Waals surface area contributed by atoms with Crippen LogP contribution in [0, 0.1) is 5.92 Å². The monoisotopic (exact) mass is 239 g/mol. The molecule has 2 aliphatic rings. The predicted molar refractivity (Wildman–Crippen MR) is 73.3 cm³/mol. The quantitative estimate of drug-likeness (QED) is 0.800. The number of hydrogen-bond donors (Lipinski definition) is 1. The minimum absolute atomic E-state index is 0.673. The van der Waals surface area contributed by atoms with E-state index in [9.17, 15) is 0 Å². The third kappa shape index (κ3) is 3.67. The van der Waals surface area contributed by atoms with Crippen LogP contribution in [0.3, 0.4) is 0 Å². The van der Waals surface area contributed by atoms with Gasteiger partial charge < -0.3 is 15.1 Å². The average molecular weight is 239 g/mol. The molecule has 2 rings (SSSR count). The molecule has 0 amide bonds. The Bertz CT molecular complexity index is 232. The Labute approximate surface area is 107 Å². The maximum Gasteiger partial charge on any atom is 0.0218 e. The number of nitrogens with one attached hydrogen (secondary N) is 1. The molecule has 0 bridgehead atoms. The molecule has 100 valence electrons. The van der Waals surface area contributed by atoms with E-state index in [1.54, 1.807) is 0 Å². The Morgan fingerprint density at radius 2 is 1.94 bits per heavy atom. The number of likely N-dealkylation sites (N-methyl/N-ethyl adjacent to an activating group) is 1. The van der Waals surface area contributed by atoms with E-state index in [1.807, 2.05) is 0 Å². The van der Waals surface area contributed by atoms with Crippen molar-refractivity contribution >= 4 is 0 Å². The van der Waals surface area contributed by atoms with Gasteiger partial charge in [-0.15, -0.1) is 0 Å². The summed E-state index contributed by atoms with van der Waals surface area (Å²) in [6.07, 6.45) is 5.53. The third-order valence-electron chi connectivity index (χ3n) is 4.72. The van der Waals surface area contributed by atoms with Crippen molar-refractivity contribution in [3.05, 3.63) is 0 Å². The first-order chi connectivity index (χ1) is 8.16. The molecule has 0 spiro atoms. The van der Waals surface area contributed by atoms with Gasteiger partial charge in [0.1, 0.15) is 0 Å². The largest absolute Gasteiger partial charge is 0.312 e. The summed E-state index contributed by atoms with van der Waals surface area (Å²) in [7, 11) is 4.52. The predicted octanol–water partition coefficient (Wildman–Crippen LogP) is 1.40. The summed E-state index contributed by atoms with van der Waals surface area (Å²) < 4.78 is 0. The second-order valence-corrected chi connectivity index (χ2v) is 6.14. The third-order valence-corrected chi connectivity index (χ3v) is 4.72. The van der Waals surface area contributed by atoms with Crippen LogP contribution in [0.2, 0.25) is 0 Å². The molecule has 0 aromatic carbocycles. The molecule has 2 heterocycles. The SMILES string of the molecule is CC(NCC1CCCN1C)C1CCCN(C)C1. The van der Waals surface area contributed by atoms with Crippen molar-refractivity contribution in [2.45, 2.75) is 44.7 Å². The molecular weight excluding hydrogens is 210 g/mol. The number of nitrogens with zero attached hydrogens (tertiary/aromatic N) is 2. The standard InChI is InChI=1S/C14H29N3/c1-12(13-6-4-8-16(2)11-13)15-10-14-7-5-9-17(14)3/h12-15H,4-11H2,1-3H3. The lowest BCUT2D eigenvalue weighted by atomic mass is 9.92. The number of likely N-dealkylation sites (tertiary alicyclic amines) is 2. The van der Waals surface area contributed by atoms with E-state index in [4.69, 9.17) is 0 Å². The first-order valence-electron chi connectivity index (χ1n) is 7.29. The number of rotatable bonds is 4. The maximum absolute atomic E-state index is 3.78. The first kappa shape index (κ1) is 13.3. The van der Waals surface area contributed by atoms with Crippen LogP contribution in [-0.2, 0) is 0 Å². The van der Waals surface area contributed by atoms with Crippen LogP contribution >= 0.6 is 0 Å². The molecule has 3 atom stereocenters. The molecule has 17 heavy (non-hydrogen) atoms. The fourth-order valence-corrected chi connectivity index (χ4v) is 3.34. The summed E-state index contributed by atoms with van der Waals surface area (Å²) in [5.74, 6) is 0.848. The van der Waals surface area contributed by atoms with E-state index in [2.05, 4.69) is 36.1 Å². The molecule has 3 nitrogen and oxygen atoms in total. The second-order valence-electron chi connectivity index (χ2n) is 6.14. The van der Waals surface area contributed by atoms with Gasteiger partial charge in [0.25, 0.3) is 0 Å². The highest BCUT2D eigenvalue weighted by atomic mass is 15.2. The minimum Gasteiger partial charge on any atom is -0.312 e. The fraction of sp³-hybridized carbons (Fsp3) is 1.00. The molecule has 0 radical (unpaired) electrons. The van der Waals surface area contributed by atoms with Crippen molar-refractivity contribution in [3.8, 4) is 0 Å². The van der Waals surface area contributed by atoms with Crippen molar-refractivity contribution in [2.75, 3.05) is 40.3 Å².